The third-order valence-electron chi connectivity index (χ3n) is 1.82. The summed E-state index contributed by atoms with van der Waals surface area (Å²) in [5.41, 5.74) is 0.621. The summed E-state index contributed by atoms with van der Waals surface area (Å²) in [4.78, 5) is 0.134. The monoisotopic (exact) mass is 224 g/mol. The number of rotatable bonds is 4. The van der Waals surface area contributed by atoms with Crippen LogP contribution in [0.4, 0.5) is 0 Å². The number of nitrogens with one attached hydrogen (secondary N) is 1. The van der Waals surface area contributed by atoms with Gasteiger partial charge < -0.3 is 5.32 Å². The standard InChI is InChI=1S/C10H12N2O2S/c1-2-7-12-8-9-5-3-4-6-10(9)15(11,13)14/h1,3-6,12H,7-8H2,(H2,11,13,14). The van der Waals surface area contributed by atoms with E-state index in [0.717, 1.165) is 0 Å². The first-order valence-electron chi connectivity index (χ1n) is 4.30. The minimum absolute atomic E-state index is 0.134. The van der Waals surface area contributed by atoms with Gasteiger partial charge in [-0.25, -0.2) is 13.6 Å². The van der Waals surface area contributed by atoms with Crippen molar-refractivity contribution in [2.24, 2.45) is 5.14 Å². The minimum Gasteiger partial charge on any atom is -0.302 e. The predicted octanol–water partition coefficient (Wildman–Crippen LogP) is 0.0568. The molecule has 15 heavy (non-hydrogen) atoms. The van der Waals surface area contributed by atoms with Crippen LogP contribution in [0, 0.1) is 12.3 Å². The molecule has 0 spiro atoms. The molecule has 3 N–H and O–H groups in total. The van der Waals surface area contributed by atoms with Gasteiger partial charge in [-0.2, -0.15) is 0 Å². The second-order valence-electron chi connectivity index (χ2n) is 2.96. The predicted molar refractivity (Wildman–Crippen MR) is 58.4 cm³/mol. The lowest BCUT2D eigenvalue weighted by Gasteiger charge is -2.06. The average Bonchev–Trinajstić information content (AvgIpc) is 2.17. The third-order valence-corrected chi connectivity index (χ3v) is 2.83. The van der Waals surface area contributed by atoms with Gasteiger partial charge in [-0.3, -0.25) is 0 Å². The molecule has 0 aliphatic heterocycles. The second kappa shape index (κ2) is 4.94. The molecule has 1 rings (SSSR count). The van der Waals surface area contributed by atoms with Crippen LogP contribution in [0.3, 0.4) is 0 Å². The largest absolute Gasteiger partial charge is 0.302 e. The number of primary sulfonamides is 1. The van der Waals surface area contributed by atoms with Crippen LogP contribution in [-0.4, -0.2) is 15.0 Å². The van der Waals surface area contributed by atoms with Crippen LogP contribution in [0.15, 0.2) is 29.2 Å². The van der Waals surface area contributed by atoms with Crippen molar-refractivity contribution in [2.45, 2.75) is 11.4 Å². The van der Waals surface area contributed by atoms with Crippen LogP contribution >= 0.6 is 0 Å². The normalized spacial score (nSPS) is 10.9. The molecule has 0 bridgehead atoms. The van der Waals surface area contributed by atoms with E-state index in [1.165, 1.54) is 6.07 Å². The fraction of sp³-hybridized carbons (Fsp3) is 0.200. The lowest BCUT2D eigenvalue weighted by Crippen LogP contribution is -2.19. The summed E-state index contributed by atoms with van der Waals surface area (Å²) in [7, 11) is -3.66. The van der Waals surface area contributed by atoms with E-state index in [9.17, 15) is 8.42 Å². The smallest absolute Gasteiger partial charge is 0.238 e. The van der Waals surface area contributed by atoms with Crippen molar-refractivity contribution in [2.75, 3.05) is 6.54 Å². The van der Waals surface area contributed by atoms with Gasteiger partial charge in [0.05, 0.1) is 11.4 Å². The molecule has 0 fully saturated rings. The number of terminal acetylenes is 1. The van der Waals surface area contributed by atoms with E-state index >= 15 is 0 Å². The fourth-order valence-corrected chi connectivity index (χ4v) is 1.97. The molecule has 80 valence electrons. The number of sulfonamides is 1. The highest BCUT2D eigenvalue weighted by molar-refractivity contribution is 7.89. The number of hydrogen-bond acceptors (Lipinski definition) is 3. The molecule has 1 aromatic carbocycles. The molecule has 0 saturated heterocycles. The number of hydrogen-bond donors (Lipinski definition) is 2. The van der Waals surface area contributed by atoms with E-state index in [1.807, 2.05) is 0 Å². The molecule has 0 aliphatic rings. The van der Waals surface area contributed by atoms with Gasteiger partial charge >= 0.3 is 0 Å². The highest BCUT2D eigenvalue weighted by Crippen LogP contribution is 2.12. The van der Waals surface area contributed by atoms with E-state index < -0.39 is 10.0 Å². The van der Waals surface area contributed by atoms with Crippen LogP contribution in [0.2, 0.25) is 0 Å². The molecule has 0 aliphatic carbocycles. The van der Waals surface area contributed by atoms with Crippen molar-refractivity contribution < 1.29 is 8.42 Å². The van der Waals surface area contributed by atoms with E-state index in [0.29, 0.717) is 18.7 Å². The second-order valence-corrected chi connectivity index (χ2v) is 4.49. The zero-order valence-electron chi connectivity index (χ0n) is 8.10. The van der Waals surface area contributed by atoms with Gasteiger partial charge in [-0.05, 0) is 11.6 Å². The van der Waals surface area contributed by atoms with Gasteiger partial charge in [0.1, 0.15) is 0 Å². The molecule has 0 aromatic heterocycles. The maximum atomic E-state index is 11.2. The Balaban J connectivity index is 2.94. The first kappa shape index (κ1) is 11.7. The van der Waals surface area contributed by atoms with Crippen LogP contribution in [0.1, 0.15) is 5.56 Å². The fourth-order valence-electron chi connectivity index (χ4n) is 1.20. The third kappa shape index (κ3) is 3.36. The quantitative estimate of drug-likeness (QED) is 0.561. The molecule has 0 unspecified atom stereocenters. The van der Waals surface area contributed by atoms with Crippen molar-refractivity contribution in [3.63, 3.8) is 0 Å². The van der Waals surface area contributed by atoms with Crippen molar-refractivity contribution >= 4 is 10.0 Å². The summed E-state index contributed by atoms with van der Waals surface area (Å²) in [5.74, 6) is 2.40. The van der Waals surface area contributed by atoms with E-state index in [1.54, 1.807) is 18.2 Å². The Bertz CT molecular complexity index is 474. The Morgan fingerprint density at radius 2 is 2.07 bits per heavy atom. The molecule has 0 atom stereocenters. The molecule has 5 heteroatoms. The molecule has 0 amide bonds. The van der Waals surface area contributed by atoms with Crippen molar-refractivity contribution in [3.8, 4) is 12.3 Å². The highest BCUT2D eigenvalue weighted by atomic mass is 32.2. The Labute approximate surface area is 89.5 Å². The van der Waals surface area contributed by atoms with E-state index in [2.05, 4.69) is 11.2 Å². The van der Waals surface area contributed by atoms with Gasteiger partial charge in [-0.1, -0.05) is 24.1 Å². The molecule has 4 nitrogen and oxygen atoms in total. The van der Waals surface area contributed by atoms with Gasteiger partial charge in [0.25, 0.3) is 0 Å². The Hall–Kier alpha value is -1.35. The Morgan fingerprint density at radius 3 is 2.67 bits per heavy atom. The summed E-state index contributed by atoms with van der Waals surface area (Å²) in [6.45, 7) is 0.774. The lowest BCUT2D eigenvalue weighted by atomic mass is 10.2. The highest BCUT2D eigenvalue weighted by Gasteiger charge is 2.11. The maximum Gasteiger partial charge on any atom is 0.238 e. The van der Waals surface area contributed by atoms with Gasteiger partial charge in [0.2, 0.25) is 10.0 Å². The van der Waals surface area contributed by atoms with E-state index in [-0.39, 0.29) is 4.90 Å². The summed E-state index contributed by atoms with van der Waals surface area (Å²) < 4.78 is 22.4. The van der Waals surface area contributed by atoms with Gasteiger partial charge in [-0.15, -0.1) is 6.42 Å². The Kier molecular flexibility index (Phi) is 3.86. The Morgan fingerprint density at radius 1 is 1.40 bits per heavy atom. The lowest BCUT2D eigenvalue weighted by molar-refractivity contribution is 0.595. The van der Waals surface area contributed by atoms with Crippen LogP contribution in [0.25, 0.3) is 0 Å². The first-order chi connectivity index (χ1) is 7.05. The van der Waals surface area contributed by atoms with Crippen LogP contribution in [0.5, 0.6) is 0 Å². The van der Waals surface area contributed by atoms with Gasteiger partial charge in [0.15, 0.2) is 0 Å². The molecule has 0 saturated carbocycles. The first-order valence-corrected chi connectivity index (χ1v) is 5.85. The topological polar surface area (TPSA) is 72.2 Å². The summed E-state index contributed by atoms with van der Waals surface area (Å²) in [6, 6.07) is 6.55. The number of benzene rings is 1. The average molecular weight is 224 g/mol. The van der Waals surface area contributed by atoms with Crippen molar-refractivity contribution in [1.29, 1.82) is 0 Å². The van der Waals surface area contributed by atoms with Crippen molar-refractivity contribution in [1.82, 2.24) is 5.32 Å². The zero-order chi connectivity index (χ0) is 11.3. The molecule has 0 radical (unpaired) electrons. The summed E-state index contributed by atoms with van der Waals surface area (Å²) >= 11 is 0. The van der Waals surface area contributed by atoms with Crippen molar-refractivity contribution in [3.05, 3.63) is 29.8 Å². The molecule has 1 aromatic rings. The molecular formula is C10H12N2O2S. The van der Waals surface area contributed by atoms with Crippen LogP contribution < -0.4 is 10.5 Å². The summed E-state index contributed by atoms with van der Waals surface area (Å²) in [6.07, 6.45) is 5.06. The zero-order valence-corrected chi connectivity index (χ0v) is 8.92. The minimum atomic E-state index is -3.66. The molecular weight excluding hydrogens is 212 g/mol. The maximum absolute atomic E-state index is 11.2. The van der Waals surface area contributed by atoms with Gasteiger partial charge in [0, 0.05) is 6.54 Å². The van der Waals surface area contributed by atoms with E-state index in [4.69, 9.17) is 11.6 Å². The SMILES string of the molecule is C#CCNCc1ccccc1S(N)(=O)=O. The van der Waals surface area contributed by atoms with Crippen LogP contribution in [-0.2, 0) is 16.6 Å². The number of nitrogens with two attached hydrogens (primary N) is 1. The molecule has 0 heterocycles. The summed E-state index contributed by atoms with van der Waals surface area (Å²) in [5, 5.41) is 7.97.